The van der Waals surface area contributed by atoms with Crippen LogP contribution in [0.15, 0.2) is 18.5 Å². The molecular weight excluding hydrogens is 230 g/mol. The quantitative estimate of drug-likeness (QED) is 0.564. The van der Waals surface area contributed by atoms with E-state index in [-0.39, 0.29) is 5.69 Å². The molecule has 18 heavy (non-hydrogen) atoms. The lowest BCUT2D eigenvalue weighted by Crippen LogP contribution is -2.19. The third kappa shape index (κ3) is 4.31. The predicted octanol–water partition coefficient (Wildman–Crippen LogP) is 3.76. The highest BCUT2D eigenvalue weighted by Crippen LogP contribution is 2.24. The van der Waals surface area contributed by atoms with Crippen LogP contribution >= 0.6 is 0 Å². The Morgan fingerprint density at radius 3 is 2.78 bits per heavy atom. The minimum atomic E-state index is -0.391. The van der Waals surface area contributed by atoms with Crippen LogP contribution in [0.3, 0.4) is 0 Å². The first-order valence-electron chi connectivity index (χ1n) is 6.54. The monoisotopic (exact) mass is 251 g/mol. The zero-order valence-corrected chi connectivity index (χ0v) is 11.1. The molecule has 1 aromatic heterocycles. The van der Waals surface area contributed by atoms with Gasteiger partial charge in [0.05, 0.1) is 4.92 Å². The van der Waals surface area contributed by atoms with E-state index in [2.05, 4.69) is 24.1 Å². The second-order valence-corrected chi connectivity index (χ2v) is 4.42. The number of anilines is 1. The van der Waals surface area contributed by atoms with Gasteiger partial charge in [0, 0.05) is 12.2 Å². The van der Waals surface area contributed by atoms with Crippen molar-refractivity contribution in [3.63, 3.8) is 0 Å². The molecule has 0 aliphatic carbocycles. The number of nitrogens with one attached hydrogen (secondary N) is 1. The Kier molecular flexibility index (Phi) is 6.11. The molecule has 1 N–H and O–H groups in total. The van der Waals surface area contributed by atoms with Crippen molar-refractivity contribution in [2.24, 2.45) is 0 Å². The number of hydrogen-bond acceptors (Lipinski definition) is 4. The maximum absolute atomic E-state index is 10.9. The first kappa shape index (κ1) is 14.4. The minimum absolute atomic E-state index is 0.0510. The molecule has 0 aromatic carbocycles. The molecule has 1 aromatic rings. The molecule has 0 fully saturated rings. The number of aromatic nitrogens is 1. The lowest BCUT2D eigenvalue weighted by Gasteiger charge is -2.18. The molecule has 1 rings (SSSR count). The summed E-state index contributed by atoms with van der Waals surface area (Å²) in [5.41, 5.74) is 0.625. The Labute approximate surface area is 108 Å². The Morgan fingerprint density at radius 1 is 1.39 bits per heavy atom. The second-order valence-electron chi connectivity index (χ2n) is 4.42. The summed E-state index contributed by atoms with van der Waals surface area (Å²) in [6, 6.07) is 1.98. The lowest BCUT2D eigenvalue weighted by molar-refractivity contribution is -0.384. The van der Waals surface area contributed by atoms with Crippen LogP contribution in [0, 0.1) is 10.1 Å². The van der Waals surface area contributed by atoms with E-state index in [9.17, 15) is 10.1 Å². The van der Waals surface area contributed by atoms with Crippen molar-refractivity contribution in [2.75, 3.05) is 5.32 Å². The van der Waals surface area contributed by atoms with Crippen molar-refractivity contribution < 1.29 is 4.92 Å². The molecule has 0 aliphatic heterocycles. The Hall–Kier alpha value is -1.65. The molecule has 0 spiro atoms. The van der Waals surface area contributed by atoms with Gasteiger partial charge in [-0.2, -0.15) is 0 Å². The van der Waals surface area contributed by atoms with E-state index in [1.54, 1.807) is 12.3 Å². The van der Waals surface area contributed by atoms with E-state index in [4.69, 9.17) is 0 Å². The van der Waals surface area contributed by atoms with Gasteiger partial charge in [-0.25, -0.2) is 0 Å². The fourth-order valence-electron chi connectivity index (χ4n) is 1.96. The van der Waals surface area contributed by atoms with Crippen LogP contribution < -0.4 is 5.32 Å². The molecule has 1 atom stereocenters. The van der Waals surface area contributed by atoms with Crippen LogP contribution in [0.5, 0.6) is 0 Å². The summed E-state index contributed by atoms with van der Waals surface area (Å²) in [5, 5.41) is 14.2. The SMILES string of the molecule is CCCCC(CCC)Nc1ccncc1[N+](=O)[O-]. The van der Waals surface area contributed by atoms with Gasteiger partial charge in [-0.05, 0) is 18.9 Å². The number of nitrogens with zero attached hydrogens (tertiary/aromatic N) is 2. The Bertz CT molecular complexity index is 382. The molecular formula is C13H21N3O2. The van der Waals surface area contributed by atoms with Gasteiger partial charge in [-0.3, -0.25) is 15.1 Å². The van der Waals surface area contributed by atoms with Gasteiger partial charge in [0.1, 0.15) is 11.9 Å². The smallest absolute Gasteiger partial charge is 0.310 e. The van der Waals surface area contributed by atoms with Crippen molar-refractivity contribution in [3.05, 3.63) is 28.6 Å². The normalized spacial score (nSPS) is 12.1. The summed E-state index contributed by atoms with van der Waals surface area (Å²) in [7, 11) is 0. The molecule has 1 heterocycles. The van der Waals surface area contributed by atoms with Gasteiger partial charge in [0.15, 0.2) is 0 Å². The highest BCUT2D eigenvalue weighted by molar-refractivity contribution is 5.60. The second kappa shape index (κ2) is 7.63. The van der Waals surface area contributed by atoms with Gasteiger partial charge in [-0.15, -0.1) is 0 Å². The molecule has 0 bridgehead atoms. The minimum Gasteiger partial charge on any atom is -0.377 e. The Morgan fingerprint density at radius 2 is 2.17 bits per heavy atom. The average Bonchev–Trinajstić information content (AvgIpc) is 2.36. The van der Waals surface area contributed by atoms with Gasteiger partial charge in [-0.1, -0.05) is 33.1 Å². The topological polar surface area (TPSA) is 68.1 Å². The third-order valence-electron chi connectivity index (χ3n) is 2.90. The van der Waals surface area contributed by atoms with E-state index in [1.165, 1.54) is 6.20 Å². The molecule has 0 saturated heterocycles. The van der Waals surface area contributed by atoms with Crippen molar-refractivity contribution in [2.45, 2.75) is 52.0 Å². The fourth-order valence-corrected chi connectivity index (χ4v) is 1.96. The zero-order valence-electron chi connectivity index (χ0n) is 11.1. The van der Waals surface area contributed by atoms with E-state index in [1.807, 2.05) is 0 Å². The summed E-state index contributed by atoms with van der Waals surface area (Å²) in [5.74, 6) is 0. The molecule has 1 unspecified atom stereocenters. The molecule has 0 radical (unpaired) electrons. The number of pyridine rings is 1. The standard InChI is InChI=1S/C13H21N3O2/c1-3-5-7-11(6-4-2)15-12-8-9-14-10-13(12)16(17)18/h8-11H,3-7H2,1-2H3,(H,14,15). The van der Waals surface area contributed by atoms with Crippen LogP contribution in [0.1, 0.15) is 46.0 Å². The van der Waals surface area contributed by atoms with Crippen LogP contribution in [-0.2, 0) is 0 Å². The number of nitro groups is 1. The molecule has 0 amide bonds. The third-order valence-corrected chi connectivity index (χ3v) is 2.90. The predicted molar refractivity (Wildman–Crippen MR) is 72.7 cm³/mol. The number of unbranched alkanes of at least 4 members (excludes halogenated alkanes) is 1. The molecule has 5 heteroatoms. The molecule has 0 saturated carbocycles. The fraction of sp³-hybridized carbons (Fsp3) is 0.615. The van der Waals surface area contributed by atoms with Crippen molar-refractivity contribution in [1.82, 2.24) is 4.98 Å². The number of rotatable bonds is 8. The van der Waals surface area contributed by atoms with Crippen molar-refractivity contribution >= 4 is 11.4 Å². The summed E-state index contributed by atoms with van der Waals surface area (Å²) < 4.78 is 0. The van der Waals surface area contributed by atoms with Crippen molar-refractivity contribution in [1.29, 1.82) is 0 Å². The van der Waals surface area contributed by atoms with Crippen molar-refractivity contribution in [3.8, 4) is 0 Å². The molecule has 0 aliphatic rings. The van der Waals surface area contributed by atoms with Gasteiger partial charge >= 0.3 is 5.69 Å². The van der Waals surface area contributed by atoms with E-state index in [0.29, 0.717) is 11.7 Å². The maximum atomic E-state index is 10.9. The van der Waals surface area contributed by atoms with Gasteiger partial charge in [0.2, 0.25) is 0 Å². The zero-order chi connectivity index (χ0) is 13.4. The van der Waals surface area contributed by atoms with Gasteiger partial charge < -0.3 is 5.32 Å². The Balaban J connectivity index is 2.76. The van der Waals surface area contributed by atoms with Crippen LogP contribution in [0.4, 0.5) is 11.4 Å². The molecule has 5 nitrogen and oxygen atoms in total. The highest BCUT2D eigenvalue weighted by Gasteiger charge is 2.16. The summed E-state index contributed by atoms with van der Waals surface area (Å²) in [6.45, 7) is 4.28. The van der Waals surface area contributed by atoms with Gasteiger partial charge in [0.25, 0.3) is 0 Å². The largest absolute Gasteiger partial charge is 0.377 e. The van der Waals surface area contributed by atoms with Crippen LogP contribution in [0.2, 0.25) is 0 Å². The first-order valence-corrected chi connectivity index (χ1v) is 6.54. The van der Waals surface area contributed by atoms with E-state index >= 15 is 0 Å². The average molecular weight is 251 g/mol. The van der Waals surface area contributed by atoms with E-state index in [0.717, 1.165) is 32.1 Å². The first-order chi connectivity index (χ1) is 8.69. The summed E-state index contributed by atoms with van der Waals surface area (Å²) >= 11 is 0. The highest BCUT2D eigenvalue weighted by atomic mass is 16.6. The maximum Gasteiger partial charge on any atom is 0.310 e. The van der Waals surface area contributed by atoms with Crippen LogP contribution in [-0.4, -0.2) is 15.9 Å². The van der Waals surface area contributed by atoms with E-state index < -0.39 is 4.92 Å². The summed E-state index contributed by atoms with van der Waals surface area (Å²) in [6.07, 6.45) is 8.30. The number of hydrogen-bond donors (Lipinski definition) is 1. The lowest BCUT2D eigenvalue weighted by atomic mass is 10.0. The summed E-state index contributed by atoms with van der Waals surface area (Å²) in [4.78, 5) is 14.3. The van der Waals surface area contributed by atoms with Crippen LogP contribution in [0.25, 0.3) is 0 Å². The molecule has 100 valence electrons.